The molecule has 0 heterocycles. The van der Waals surface area contributed by atoms with Crippen molar-refractivity contribution in [3.05, 3.63) is 36.5 Å². The first-order valence-corrected chi connectivity index (χ1v) is 19.9. The number of hydrogen-bond donors (Lipinski definition) is 0. The van der Waals surface area contributed by atoms with Gasteiger partial charge in [0, 0.05) is 17.9 Å². The van der Waals surface area contributed by atoms with Crippen molar-refractivity contribution in [2.45, 2.75) is 213 Å². The SMILES string of the molecule is CCCC/C=C\CCCCCCCC(=O)[O-].CCCC/C=C\CCCCCCCC(=O)[O-].CCCC/C=C\CCCCCCCC(=O)[O-].[In+3]. The summed E-state index contributed by atoms with van der Waals surface area (Å²) in [7, 11) is 0. The summed E-state index contributed by atoms with van der Waals surface area (Å²) in [6, 6.07) is 0. The fourth-order valence-corrected chi connectivity index (χ4v) is 4.86. The Morgan fingerprint density at radius 1 is 0.327 bits per heavy atom. The van der Waals surface area contributed by atoms with Gasteiger partial charge in [-0.05, 0) is 96.3 Å². The van der Waals surface area contributed by atoms with E-state index < -0.39 is 17.9 Å². The average Bonchev–Trinajstić information content (AvgIpc) is 3.05. The number of rotatable bonds is 33. The number of carboxylic acids is 3. The van der Waals surface area contributed by atoms with Crippen molar-refractivity contribution in [1.29, 1.82) is 0 Å². The quantitative estimate of drug-likeness (QED) is 0.0483. The third-order valence-corrected chi connectivity index (χ3v) is 7.93. The summed E-state index contributed by atoms with van der Waals surface area (Å²) in [6.07, 6.45) is 45.3. The van der Waals surface area contributed by atoms with E-state index in [1.807, 2.05) is 0 Å². The van der Waals surface area contributed by atoms with Crippen LogP contribution in [-0.2, 0) is 14.4 Å². The van der Waals surface area contributed by atoms with E-state index in [4.69, 9.17) is 0 Å². The van der Waals surface area contributed by atoms with Crippen LogP contribution in [0, 0.1) is 0 Å². The molecule has 0 atom stereocenters. The van der Waals surface area contributed by atoms with Crippen molar-refractivity contribution in [3.63, 3.8) is 0 Å². The molecule has 0 amide bonds. The molecule has 49 heavy (non-hydrogen) atoms. The van der Waals surface area contributed by atoms with Gasteiger partial charge >= 0.3 is 25.8 Å². The Hall–Kier alpha value is -1.50. The molecule has 0 aliphatic carbocycles. The molecule has 0 aromatic heterocycles. The number of unbranched alkanes of at least 4 members (excludes halogenated alkanes) is 21. The second-order valence-electron chi connectivity index (χ2n) is 12.9. The van der Waals surface area contributed by atoms with Gasteiger partial charge in [0.15, 0.2) is 0 Å². The Morgan fingerprint density at radius 3 is 0.714 bits per heavy atom. The smallest absolute Gasteiger partial charge is 0.550 e. The molecular weight excluding hydrogens is 715 g/mol. The predicted octanol–water partition coefficient (Wildman–Crippen LogP) is 9.26. The number of carbonyl (C=O) groups excluding carboxylic acids is 3. The van der Waals surface area contributed by atoms with Crippen molar-refractivity contribution in [2.75, 3.05) is 0 Å². The standard InChI is InChI=1S/3C14H26O2.In/c3*1-2-3-4-5-6-7-8-9-10-11-12-13-14(15)16;/h3*5-6H,2-4,7-13H2,1H3,(H,15,16);/q;;;+3/p-3/b3*6-5-;. The van der Waals surface area contributed by atoms with Crippen LogP contribution in [0.15, 0.2) is 36.5 Å². The second kappa shape index (κ2) is 50.9. The molecule has 0 unspecified atom stereocenters. The van der Waals surface area contributed by atoms with Crippen molar-refractivity contribution < 1.29 is 29.7 Å². The van der Waals surface area contributed by atoms with E-state index in [1.165, 1.54) is 116 Å². The fraction of sp³-hybridized carbons (Fsp3) is 0.786. The molecule has 0 spiro atoms. The summed E-state index contributed by atoms with van der Waals surface area (Å²) < 4.78 is 0. The minimum absolute atomic E-state index is 0. The van der Waals surface area contributed by atoms with Gasteiger partial charge in [-0.3, -0.25) is 0 Å². The predicted molar refractivity (Wildman–Crippen MR) is 204 cm³/mol. The summed E-state index contributed by atoms with van der Waals surface area (Å²) in [5.41, 5.74) is 0. The van der Waals surface area contributed by atoms with Crippen LogP contribution >= 0.6 is 0 Å². The molecule has 7 heteroatoms. The largest absolute Gasteiger partial charge is 3.00 e. The maximum Gasteiger partial charge on any atom is 3.00 e. The molecule has 282 valence electrons. The van der Waals surface area contributed by atoms with Crippen LogP contribution in [0.3, 0.4) is 0 Å². The van der Waals surface area contributed by atoms with E-state index in [1.54, 1.807) is 0 Å². The third-order valence-electron chi connectivity index (χ3n) is 7.93. The van der Waals surface area contributed by atoms with Gasteiger partial charge in [-0.15, -0.1) is 0 Å². The summed E-state index contributed by atoms with van der Waals surface area (Å²) in [4.78, 5) is 30.4. The zero-order valence-electron chi connectivity index (χ0n) is 32.2. The first kappa shape index (κ1) is 54.3. The molecule has 0 aromatic carbocycles. The molecule has 0 fully saturated rings. The second-order valence-corrected chi connectivity index (χ2v) is 12.9. The number of carbonyl (C=O) groups is 3. The molecule has 0 N–H and O–H groups in total. The van der Waals surface area contributed by atoms with Crippen LogP contribution < -0.4 is 15.3 Å². The molecule has 0 radical (unpaired) electrons. The minimum Gasteiger partial charge on any atom is -0.550 e. The molecule has 6 nitrogen and oxygen atoms in total. The van der Waals surface area contributed by atoms with Crippen LogP contribution in [0.4, 0.5) is 0 Å². The molecule has 0 bridgehead atoms. The van der Waals surface area contributed by atoms with E-state index in [0.717, 1.165) is 57.8 Å². The maximum absolute atomic E-state index is 10.1. The molecule has 0 aliphatic rings. The van der Waals surface area contributed by atoms with Crippen LogP contribution in [-0.4, -0.2) is 43.8 Å². The number of aliphatic carboxylic acids is 3. The Morgan fingerprint density at radius 2 is 0.510 bits per heavy atom. The normalized spacial score (nSPS) is 10.8. The van der Waals surface area contributed by atoms with Gasteiger partial charge in [0.05, 0.1) is 0 Å². The van der Waals surface area contributed by atoms with Crippen molar-refractivity contribution in [2.24, 2.45) is 0 Å². The Bertz CT molecular complexity index is 662. The first-order chi connectivity index (χ1) is 23.3. The van der Waals surface area contributed by atoms with Gasteiger partial charge in [0.1, 0.15) is 0 Å². The summed E-state index contributed by atoms with van der Waals surface area (Å²) >= 11 is 0. The summed E-state index contributed by atoms with van der Waals surface area (Å²) in [5, 5.41) is 30.4. The average molecular weight is 791 g/mol. The molecule has 0 rings (SSSR count). The van der Waals surface area contributed by atoms with E-state index in [9.17, 15) is 29.7 Å². The zero-order valence-corrected chi connectivity index (χ0v) is 35.5. The first-order valence-electron chi connectivity index (χ1n) is 19.9. The van der Waals surface area contributed by atoms with Gasteiger partial charge in [0.2, 0.25) is 0 Å². The third kappa shape index (κ3) is 65.5. The van der Waals surface area contributed by atoms with Gasteiger partial charge in [0.25, 0.3) is 0 Å². The number of carboxylic acid groups (broad SMARTS) is 3. The van der Waals surface area contributed by atoms with E-state index >= 15 is 0 Å². The van der Waals surface area contributed by atoms with E-state index in [2.05, 4.69) is 57.2 Å². The maximum atomic E-state index is 10.1. The van der Waals surface area contributed by atoms with Gasteiger partial charge in [-0.1, -0.05) is 154 Å². The molecule has 0 aliphatic heterocycles. The van der Waals surface area contributed by atoms with Crippen molar-refractivity contribution in [1.82, 2.24) is 0 Å². The van der Waals surface area contributed by atoms with Gasteiger partial charge in [-0.25, -0.2) is 0 Å². The van der Waals surface area contributed by atoms with Gasteiger partial charge < -0.3 is 29.7 Å². The van der Waals surface area contributed by atoms with E-state index in [-0.39, 0.29) is 45.1 Å². The molecule has 0 saturated carbocycles. The minimum atomic E-state index is -0.918. The van der Waals surface area contributed by atoms with Gasteiger partial charge in [-0.2, -0.15) is 0 Å². The Kier molecular flexibility index (Phi) is 56.4. The number of hydrogen-bond acceptors (Lipinski definition) is 6. The van der Waals surface area contributed by atoms with Crippen LogP contribution in [0.2, 0.25) is 0 Å². The van der Waals surface area contributed by atoms with Crippen LogP contribution in [0.25, 0.3) is 0 Å². The van der Waals surface area contributed by atoms with Crippen LogP contribution in [0.1, 0.15) is 213 Å². The Balaban J connectivity index is -0.000000307. The molecule has 0 aromatic rings. The topological polar surface area (TPSA) is 120 Å². The monoisotopic (exact) mass is 790 g/mol. The summed E-state index contributed by atoms with van der Waals surface area (Å²) in [5.74, 6) is -2.75. The van der Waals surface area contributed by atoms with Crippen molar-refractivity contribution in [3.8, 4) is 0 Å². The zero-order chi connectivity index (χ0) is 36.2. The number of allylic oxidation sites excluding steroid dienone is 6. The van der Waals surface area contributed by atoms with Crippen LogP contribution in [0.5, 0.6) is 0 Å². The summed E-state index contributed by atoms with van der Waals surface area (Å²) in [6.45, 7) is 6.63. The fourth-order valence-electron chi connectivity index (χ4n) is 4.86. The Labute approximate surface area is 321 Å². The molecular formula is C42H75InO6. The van der Waals surface area contributed by atoms with Crippen molar-refractivity contribution >= 4 is 43.8 Å². The molecule has 0 saturated heterocycles. The van der Waals surface area contributed by atoms with E-state index in [0.29, 0.717) is 0 Å².